The van der Waals surface area contributed by atoms with Crippen molar-refractivity contribution in [2.75, 3.05) is 0 Å². The zero-order valence-electron chi connectivity index (χ0n) is 7.83. The van der Waals surface area contributed by atoms with Gasteiger partial charge in [0, 0.05) is 5.41 Å². The van der Waals surface area contributed by atoms with Crippen molar-refractivity contribution in [3.8, 4) is 0 Å². The Morgan fingerprint density at radius 1 is 1.42 bits per heavy atom. The van der Waals surface area contributed by atoms with E-state index in [2.05, 4.69) is 30.4 Å². The molecule has 0 saturated heterocycles. The first-order chi connectivity index (χ1) is 5.43. The van der Waals surface area contributed by atoms with Crippen molar-refractivity contribution in [1.29, 1.82) is 0 Å². The summed E-state index contributed by atoms with van der Waals surface area (Å²) in [6.45, 7) is 7.94. The summed E-state index contributed by atoms with van der Waals surface area (Å²) in [4.78, 5) is 0.877. The Kier molecular flexibility index (Phi) is 2.49. The van der Waals surface area contributed by atoms with Gasteiger partial charge in [0.2, 0.25) is 0 Å². The second kappa shape index (κ2) is 3.11. The molecule has 0 aromatic carbocycles. The van der Waals surface area contributed by atoms with Crippen molar-refractivity contribution < 1.29 is 5.11 Å². The SMILES string of the molecule is CC(O)c1snnc1C(C)(C)C. The van der Waals surface area contributed by atoms with Crippen LogP contribution in [0.15, 0.2) is 0 Å². The van der Waals surface area contributed by atoms with E-state index >= 15 is 0 Å². The van der Waals surface area contributed by atoms with E-state index in [9.17, 15) is 5.11 Å². The molecule has 3 nitrogen and oxygen atoms in total. The van der Waals surface area contributed by atoms with Gasteiger partial charge in [-0.1, -0.05) is 25.3 Å². The minimum absolute atomic E-state index is 0.0284. The predicted octanol–water partition coefficient (Wildman–Crippen LogP) is 1.89. The lowest BCUT2D eigenvalue weighted by molar-refractivity contribution is 0.200. The molecule has 1 aromatic heterocycles. The molecule has 0 saturated carbocycles. The number of aliphatic hydroxyl groups excluding tert-OH is 1. The molecule has 0 spiro atoms. The summed E-state index contributed by atoms with van der Waals surface area (Å²) in [7, 11) is 0. The number of hydrogen-bond acceptors (Lipinski definition) is 4. The average Bonchev–Trinajstić information content (AvgIpc) is 2.30. The lowest BCUT2D eigenvalue weighted by Gasteiger charge is -2.17. The van der Waals surface area contributed by atoms with E-state index in [0.29, 0.717) is 0 Å². The van der Waals surface area contributed by atoms with Gasteiger partial charge in [0.05, 0.1) is 16.7 Å². The van der Waals surface area contributed by atoms with Crippen LogP contribution >= 0.6 is 11.5 Å². The van der Waals surface area contributed by atoms with Crippen LogP contribution in [0.25, 0.3) is 0 Å². The van der Waals surface area contributed by atoms with Crippen molar-refractivity contribution in [2.45, 2.75) is 39.2 Å². The monoisotopic (exact) mass is 186 g/mol. The number of hydrogen-bond donors (Lipinski definition) is 1. The molecule has 0 fully saturated rings. The Morgan fingerprint density at radius 2 is 2.00 bits per heavy atom. The fourth-order valence-corrected chi connectivity index (χ4v) is 1.79. The van der Waals surface area contributed by atoms with Crippen LogP contribution in [0.5, 0.6) is 0 Å². The third kappa shape index (κ3) is 1.81. The molecular formula is C8H14N2OS. The van der Waals surface area contributed by atoms with Crippen molar-refractivity contribution in [1.82, 2.24) is 9.59 Å². The zero-order valence-corrected chi connectivity index (χ0v) is 8.64. The van der Waals surface area contributed by atoms with Gasteiger partial charge >= 0.3 is 0 Å². The van der Waals surface area contributed by atoms with Crippen LogP contribution in [0, 0.1) is 0 Å². The molecular weight excluding hydrogens is 172 g/mol. The number of aliphatic hydroxyl groups is 1. The van der Waals surface area contributed by atoms with E-state index < -0.39 is 6.10 Å². The van der Waals surface area contributed by atoms with Crippen LogP contribution in [0.4, 0.5) is 0 Å². The molecule has 1 aromatic rings. The Labute approximate surface area is 76.6 Å². The number of rotatable bonds is 1. The molecule has 0 aliphatic rings. The summed E-state index contributed by atoms with van der Waals surface area (Å²) >= 11 is 1.27. The molecule has 68 valence electrons. The molecule has 0 radical (unpaired) electrons. The molecule has 1 N–H and O–H groups in total. The maximum Gasteiger partial charge on any atom is 0.0889 e. The van der Waals surface area contributed by atoms with Crippen molar-refractivity contribution in [3.63, 3.8) is 0 Å². The van der Waals surface area contributed by atoms with Gasteiger partial charge in [-0.05, 0) is 18.5 Å². The minimum atomic E-state index is -0.459. The largest absolute Gasteiger partial charge is 0.388 e. The lowest BCUT2D eigenvalue weighted by atomic mass is 9.90. The highest BCUT2D eigenvalue weighted by Crippen LogP contribution is 2.29. The summed E-state index contributed by atoms with van der Waals surface area (Å²) < 4.78 is 3.84. The van der Waals surface area contributed by atoms with Gasteiger partial charge in [0.25, 0.3) is 0 Å². The molecule has 0 bridgehead atoms. The zero-order chi connectivity index (χ0) is 9.35. The van der Waals surface area contributed by atoms with Gasteiger partial charge in [-0.15, -0.1) is 5.10 Å². The first-order valence-corrected chi connectivity index (χ1v) is 4.71. The van der Waals surface area contributed by atoms with E-state index in [0.717, 1.165) is 10.6 Å². The van der Waals surface area contributed by atoms with Crippen LogP contribution in [0.3, 0.4) is 0 Å². The molecule has 1 rings (SSSR count). The number of nitrogens with zero attached hydrogens (tertiary/aromatic N) is 2. The average molecular weight is 186 g/mol. The third-order valence-corrected chi connectivity index (χ3v) is 2.50. The standard InChI is InChI=1S/C8H14N2OS/c1-5(11)6-7(8(2,3)4)9-10-12-6/h5,11H,1-4H3. The molecule has 1 heterocycles. The Hall–Kier alpha value is -0.480. The van der Waals surface area contributed by atoms with Crippen LogP contribution in [-0.2, 0) is 5.41 Å². The predicted molar refractivity (Wildman–Crippen MR) is 49.2 cm³/mol. The van der Waals surface area contributed by atoms with E-state index in [1.165, 1.54) is 11.5 Å². The summed E-state index contributed by atoms with van der Waals surface area (Å²) in [5.74, 6) is 0. The summed E-state index contributed by atoms with van der Waals surface area (Å²) in [6, 6.07) is 0. The summed E-state index contributed by atoms with van der Waals surface area (Å²) in [5.41, 5.74) is 0.877. The van der Waals surface area contributed by atoms with E-state index in [1.54, 1.807) is 6.92 Å². The van der Waals surface area contributed by atoms with Gasteiger partial charge in [-0.2, -0.15) is 0 Å². The van der Waals surface area contributed by atoms with E-state index in [-0.39, 0.29) is 5.41 Å². The van der Waals surface area contributed by atoms with E-state index in [4.69, 9.17) is 0 Å². The van der Waals surface area contributed by atoms with Crippen LogP contribution in [-0.4, -0.2) is 14.7 Å². The quantitative estimate of drug-likeness (QED) is 0.728. The Balaban J connectivity index is 3.08. The normalized spacial score (nSPS) is 14.8. The fourth-order valence-electron chi connectivity index (χ4n) is 0.991. The van der Waals surface area contributed by atoms with E-state index in [1.807, 2.05) is 0 Å². The highest BCUT2D eigenvalue weighted by atomic mass is 32.1. The van der Waals surface area contributed by atoms with Crippen molar-refractivity contribution in [3.05, 3.63) is 10.6 Å². The highest BCUT2D eigenvalue weighted by molar-refractivity contribution is 7.05. The first-order valence-electron chi connectivity index (χ1n) is 3.93. The Morgan fingerprint density at radius 3 is 2.33 bits per heavy atom. The second-order valence-electron chi connectivity index (χ2n) is 3.91. The smallest absolute Gasteiger partial charge is 0.0889 e. The molecule has 0 aliphatic carbocycles. The molecule has 0 amide bonds. The first kappa shape index (κ1) is 9.61. The maximum absolute atomic E-state index is 9.39. The van der Waals surface area contributed by atoms with Crippen LogP contribution in [0.1, 0.15) is 44.4 Å². The van der Waals surface area contributed by atoms with Crippen LogP contribution < -0.4 is 0 Å². The van der Waals surface area contributed by atoms with Gasteiger partial charge in [-0.3, -0.25) is 0 Å². The molecule has 4 heteroatoms. The number of aromatic nitrogens is 2. The second-order valence-corrected chi connectivity index (χ2v) is 4.70. The molecule has 12 heavy (non-hydrogen) atoms. The van der Waals surface area contributed by atoms with Crippen LogP contribution in [0.2, 0.25) is 0 Å². The summed E-state index contributed by atoms with van der Waals surface area (Å²) in [5, 5.41) is 13.4. The van der Waals surface area contributed by atoms with Crippen molar-refractivity contribution >= 4 is 11.5 Å². The minimum Gasteiger partial charge on any atom is -0.388 e. The van der Waals surface area contributed by atoms with Gasteiger partial charge in [0.1, 0.15) is 0 Å². The lowest BCUT2D eigenvalue weighted by Crippen LogP contribution is -2.14. The third-order valence-electron chi connectivity index (χ3n) is 1.60. The highest BCUT2D eigenvalue weighted by Gasteiger charge is 2.24. The fraction of sp³-hybridized carbons (Fsp3) is 0.750. The molecule has 1 unspecified atom stereocenters. The van der Waals surface area contributed by atoms with Gasteiger partial charge < -0.3 is 5.11 Å². The Bertz CT molecular complexity index is 262. The molecule has 0 aliphatic heterocycles. The van der Waals surface area contributed by atoms with Crippen molar-refractivity contribution in [2.24, 2.45) is 0 Å². The topological polar surface area (TPSA) is 46.0 Å². The molecule has 1 atom stereocenters. The maximum atomic E-state index is 9.39. The van der Waals surface area contributed by atoms with Gasteiger partial charge in [-0.25, -0.2) is 0 Å². The van der Waals surface area contributed by atoms with Gasteiger partial charge in [0.15, 0.2) is 0 Å². The summed E-state index contributed by atoms with van der Waals surface area (Å²) in [6.07, 6.45) is -0.459.